The summed E-state index contributed by atoms with van der Waals surface area (Å²) in [4.78, 5) is 39.0. The number of cyclic esters (lactones) is 1. The fourth-order valence-electron chi connectivity index (χ4n) is 4.31. The first-order valence-corrected chi connectivity index (χ1v) is 10.3. The highest BCUT2D eigenvalue weighted by Crippen LogP contribution is 2.38. The zero-order chi connectivity index (χ0) is 22.7. The number of fused-ring (bicyclic) bond motifs is 1. The van der Waals surface area contributed by atoms with E-state index in [2.05, 4.69) is 18.1 Å². The van der Waals surface area contributed by atoms with Gasteiger partial charge in [0.2, 0.25) is 0 Å². The lowest BCUT2D eigenvalue weighted by atomic mass is 9.97. The topological polar surface area (TPSA) is 85.4 Å². The molecule has 0 aromatic rings. The minimum absolute atomic E-state index is 0.0713. The van der Waals surface area contributed by atoms with Gasteiger partial charge in [0, 0.05) is 13.1 Å². The lowest BCUT2D eigenvalue weighted by Gasteiger charge is -2.34. The van der Waals surface area contributed by atoms with E-state index in [9.17, 15) is 14.4 Å². The Labute approximate surface area is 178 Å². The lowest BCUT2D eigenvalue weighted by Crippen LogP contribution is -2.53. The normalized spacial score (nSPS) is 30.6. The van der Waals surface area contributed by atoms with Gasteiger partial charge in [0.15, 0.2) is 11.8 Å². The van der Waals surface area contributed by atoms with Gasteiger partial charge >= 0.3 is 18.0 Å². The van der Waals surface area contributed by atoms with Crippen LogP contribution in [0.3, 0.4) is 0 Å². The predicted octanol–water partition coefficient (Wildman–Crippen LogP) is 3.02. The summed E-state index contributed by atoms with van der Waals surface area (Å²) in [5.41, 5.74) is -2.17. The van der Waals surface area contributed by atoms with Crippen LogP contribution in [0.4, 0.5) is 4.79 Å². The number of amides is 1. The van der Waals surface area contributed by atoms with Crippen LogP contribution in [-0.2, 0) is 23.8 Å². The Kier molecular flexibility index (Phi) is 7.01. The molecule has 3 heterocycles. The average molecular weight is 423 g/mol. The van der Waals surface area contributed by atoms with Gasteiger partial charge in [0.25, 0.3) is 0 Å². The van der Waals surface area contributed by atoms with E-state index in [-0.39, 0.29) is 12.2 Å². The van der Waals surface area contributed by atoms with Crippen LogP contribution in [0.25, 0.3) is 0 Å². The van der Waals surface area contributed by atoms with Gasteiger partial charge in [0.1, 0.15) is 11.1 Å². The number of carbonyl (C=O) groups excluding carboxylic acids is 3. The zero-order valence-electron chi connectivity index (χ0n) is 18.7. The first-order chi connectivity index (χ1) is 14.0. The third-order valence-corrected chi connectivity index (χ3v) is 5.79. The number of likely N-dealkylation sites (tertiary alicyclic amines) is 1. The molecule has 3 aliphatic heterocycles. The lowest BCUT2D eigenvalue weighted by molar-refractivity contribution is -0.150. The molecule has 0 N–H and O–H groups in total. The molecule has 30 heavy (non-hydrogen) atoms. The summed E-state index contributed by atoms with van der Waals surface area (Å²) >= 11 is 0. The van der Waals surface area contributed by atoms with Crippen molar-refractivity contribution in [2.24, 2.45) is 0 Å². The zero-order valence-corrected chi connectivity index (χ0v) is 18.7. The van der Waals surface area contributed by atoms with Crippen LogP contribution in [0.5, 0.6) is 0 Å². The Bertz CT molecular complexity index is 715. The molecule has 0 radical (unpaired) electrons. The maximum Gasteiger partial charge on any atom is 0.411 e. The van der Waals surface area contributed by atoms with Gasteiger partial charge in [-0.3, -0.25) is 4.90 Å². The molecule has 1 amide bonds. The Morgan fingerprint density at radius 1 is 1.17 bits per heavy atom. The fraction of sp³-hybridized carbons (Fsp3) is 0.682. The van der Waals surface area contributed by atoms with Gasteiger partial charge < -0.3 is 14.2 Å². The van der Waals surface area contributed by atoms with Gasteiger partial charge in [-0.25, -0.2) is 19.3 Å². The van der Waals surface area contributed by atoms with Crippen molar-refractivity contribution in [3.63, 3.8) is 0 Å². The van der Waals surface area contributed by atoms with E-state index >= 15 is 0 Å². The van der Waals surface area contributed by atoms with Crippen LogP contribution in [0.15, 0.2) is 25.3 Å². The van der Waals surface area contributed by atoms with Gasteiger partial charge in [-0.2, -0.15) is 0 Å². The first-order valence-electron chi connectivity index (χ1n) is 10.3. The van der Waals surface area contributed by atoms with Gasteiger partial charge in [-0.1, -0.05) is 12.2 Å². The Morgan fingerprint density at radius 3 is 2.30 bits per heavy atom. The van der Waals surface area contributed by atoms with Crippen LogP contribution < -0.4 is 0 Å². The third-order valence-electron chi connectivity index (χ3n) is 5.79. The largest absolute Gasteiger partial charge is 0.467 e. The molecule has 3 aliphatic rings. The van der Waals surface area contributed by atoms with Crippen molar-refractivity contribution >= 4 is 18.0 Å². The molecular weight excluding hydrogens is 388 g/mol. The quantitative estimate of drug-likeness (QED) is 0.393. The summed E-state index contributed by atoms with van der Waals surface area (Å²) in [5.74, 6) is -0.594. The second-order valence-electron chi connectivity index (χ2n) is 8.79. The molecule has 168 valence electrons. The van der Waals surface area contributed by atoms with E-state index < -0.39 is 28.7 Å². The van der Waals surface area contributed by atoms with Crippen molar-refractivity contribution in [2.45, 2.75) is 76.3 Å². The van der Waals surface area contributed by atoms with Crippen molar-refractivity contribution in [1.82, 2.24) is 9.80 Å². The summed E-state index contributed by atoms with van der Waals surface area (Å²) in [5, 5.41) is 0. The SMILES string of the molecule is C=C[C@@]1(C(=O)OC)CCCN1C(=O)OC(C)(C)C.C=C[C@@]12CCCN1[C@@H](C)OC2=O. The highest BCUT2D eigenvalue weighted by atomic mass is 16.6. The van der Waals surface area contributed by atoms with E-state index in [1.807, 2.05) is 6.92 Å². The van der Waals surface area contributed by atoms with Crippen molar-refractivity contribution < 1.29 is 28.6 Å². The molecule has 0 aromatic heterocycles. The second-order valence-corrected chi connectivity index (χ2v) is 8.79. The smallest absolute Gasteiger partial charge is 0.411 e. The Morgan fingerprint density at radius 2 is 1.80 bits per heavy atom. The summed E-state index contributed by atoms with van der Waals surface area (Å²) < 4.78 is 15.2. The minimum atomic E-state index is -1.09. The standard InChI is InChI=1S/C13H21NO4.C9H13NO2/c1-6-13(10(15)17-5)8-7-9-14(13)11(16)18-12(2,3)4;1-3-9-5-4-6-10(9)7(2)12-8(9)11/h6H,1,7-9H2,2-5H3;3,7H,1,4-6H2,2H3/t13-;7-,9+/m01/s1. The molecular formula is C22H34N2O6. The number of hydrogen-bond donors (Lipinski definition) is 0. The number of nitrogens with zero attached hydrogens (tertiary/aromatic N) is 2. The Balaban J connectivity index is 0.000000230. The number of esters is 2. The Hall–Kier alpha value is -2.35. The molecule has 8 nitrogen and oxygen atoms in total. The second kappa shape index (κ2) is 8.79. The minimum Gasteiger partial charge on any atom is -0.467 e. The molecule has 0 bridgehead atoms. The number of carbonyl (C=O) groups is 3. The number of rotatable bonds is 3. The molecule has 0 saturated carbocycles. The van der Waals surface area contributed by atoms with Gasteiger partial charge in [-0.15, -0.1) is 13.2 Å². The predicted molar refractivity (Wildman–Crippen MR) is 112 cm³/mol. The number of methoxy groups -OCH3 is 1. The van der Waals surface area contributed by atoms with E-state index in [1.54, 1.807) is 26.8 Å². The average Bonchev–Trinajstić information content (AvgIpc) is 3.36. The molecule has 3 saturated heterocycles. The van der Waals surface area contributed by atoms with E-state index in [0.29, 0.717) is 13.0 Å². The van der Waals surface area contributed by atoms with Crippen LogP contribution >= 0.6 is 0 Å². The van der Waals surface area contributed by atoms with E-state index in [0.717, 1.165) is 25.8 Å². The number of ether oxygens (including phenoxy) is 3. The van der Waals surface area contributed by atoms with E-state index in [1.165, 1.54) is 18.1 Å². The van der Waals surface area contributed by atoms with E-state index in [4.69, 9.17) is 14.2 Å². The van der Waals surface area contributed by atoms with Gasteiger partial charge in [-0.05, 0) is 53.4 Å². The fourth-order valence-corrected chi connectivity index (χ4v) is 4.31. The molecule has 3 atom stereocenters. The van der Waals surface area contributed by atoms with Crippen molar-refractivity contribution in [3.8, 4) is 0 Å². The van der Waals surface area contributed by atoms with Crippen LogP contribution in [0.1, 0.15) is 53.4 Å². The number of hydrogen-bond acceptors (Lipinski definition) is 7. The molecule has 0 aliphatic carbocycles. The summed E-state index contributed by atoms with van der Waals surface area (Å²) in [6.07, 6.45) is 5.78. The molecule has 0 aromatic carbocycles. The van der Waals surface area contributed by atoms with Crippen molar-refractivity contribution in [1.29, 1.82) is 0 Å². The molecule has 3 rings (SSSR count). The molecule has 0 unspecified atom stereocenters. The third kappa shape index (κ3) is 4.24. The van der Waals surface area contributed by atoms with Crippen molar-refractivity contribution in [2.75, 3.05) is 20.2 Å². The monoisotopic (exact) mass is 422 g/mol. The first kappa shape index (κ1) is 23.9. The molecule has 0 spiro atoms. The van der Waals surface area contributed by atoms with Crippen molar-refractivity contribution in [3.05, 3.63) is 25.3 Å². The summed E-state index contributed by atoms with van der Waals surface area (Å²) in [6, 6.07) is 0. The van der Waals surface area contributed by atoms with Gasteiger partial charge in [0.05, 0.1) is 7.11 Å². The highest BCUT2D eigenvalue weighted by molar-refractivity contribution is 5.88. The molecule has 3 fully saturated rings. The van der Waals surface area contributed by atoms with Crippen LogP contribution in [-0.4, -0.2) is 70.9 Å². The maximum atomic E-state index is 12.1. The maximum absolute atomic E-state index is 12.1. The molecule has 8 heteroatoms. The summed E-state index contributed by atoms with van der Waals surface area (Å²) in [7, 11) is 1.30. The van der Waals surface area contributed by atoms with Crippen LogP contribution in [0, 0.1) is 0 Å². The highest BCUT2D eigenvalue weighted by Gasteiger charge is 2.54. The summed E-state index contributed by atoms with van der Waals surface area (Å²) in [6.45, 7) is 16.1. The van der Waals surface area contributed by atoms with Crippen LogP contribution in [0.2, 0.25) is 0 Å².